The molecule has 0 saturated heterocycles. The van der Waals surface area contributed by atoms with Crippen LogP contribution in [-0.2, 0) is 9.05 Å². The first-order valence-corrected chi connectivity index (χ1v) is 6.71. The highest BCUT2D eigenvalue weighted by molar-refractivity contribution is 9.10. The second kappa shape index (κ2) is 4.61. The Morgan fingerprint density at radius 1 is 1.56 bits per heavy atom. The van der Waals surface area contributed by atoms with Crippen LogP contribution in [0.3, 0.4) is 0 Å². The normalized spacial score (nSPS) is 11.5. The third-order valence-electron chi connectivity index (χ3n) is 1.55. The second-order valence-corrected chi connectivity index (χ2v) is 5.82. The highest BCUT2D eigenvalue weighted by Crippen LogP contribution is 2.33. The SMILES string of the molecule is N#Cc1cc(C(F)F)c(S(=O)(=O)Cl)c(Br)n1. The zero-order chi connectivity index (χ0) is 12.5. The number of hydrogen-bond donors (Lipinski definition) is 0. The average Bonchev–Trinajstić information content (AvgIpc) is 2.14. The molecule has 0 spiro atoms. The lowest BCUT2D eigenvalue weighted by Crippen LogP contribution is -2.03. The molecule has 0 aliphatic heterocycles. The van der Waals surface area contributed by atoms with Gasteiger partial charge in [0.1, 0.15) is 21.3 Å². The number of halogens is 4. The van der Waals surface area contributed by atoms with Gasteiger partial charge < -0.3 is 0 Å². The van der Waals surface area contributed by atoms with Crippen LogP contribution < -0.4 is 0 Å². The molecule has 1 aromatic heterocycles. The summed E-state index contributed by atoms with van der Waals surface area (Å²) >= 11 is 2.68. The van der Waals surface area contributed by atoms with Crippen molar-refractivity contribution in [3.05, 3.63) is 21.9 Å². The lowest BCUT2D eigenvalue weighted by Gasteiger charge is -2.07. The number of hydrogen-bond acceptors (Lipinski definition) is 4. The number of aromatic nitrogens is 1. The number of nitriles is 1. The van der Waals surface area contributed by atoms with Crippen LogP contribution in [0.15, 0.2) is 15.6 Å². The molecule has 0 amide bonds. The summed E-state index contributed by atoms with van der Waals surface area (Å²) in [6.45, 7) is 0. The number of pyridine rings is 1. The first kappa shape index (κ1) is 13.3. The van der Waals surface area contributed by atoms with Gasteiger partial charge >= 0.3 is 0 Å². The van der Waals surface area contributed by atoms with Crippen LogP contribution in [0, 0.1) is 11.3 Å². The summed E-state index contributed by atoms with van der Waals surface area (Å²) in [5.41, 5.74) is -1.18. The first-order chi connectivity index (χ1) is 7.27. The third kappa shape index (κ3) is 2.66. The quantitative estimate of drug-likeness (QED) is 0.617. The van der Waals surface area contributed by atoms with Gasteiger partial charge in [0.15, 0.2) is 0 Å². The van der Waals surface area contributed by atoms with E-state index < -0.39 is 30.5 Å². The van der Waals surface area contributed by atoms with Crippen LogP contribution in [-0.4, -0.2) is 13.4 Å². The molecule has 0 bridgehead atoms. The van der Waals surface area contributed by atoms with Crippen LogP contribution in [0.4, 0.5) is 8.78 Å². The molecule has 16 heavy (non-hydrogen) atoms. The van der Waals surface area contributed by atoms with Gasteiger partial charge in [-0.1, -0.05) is 0 Å². The third-order valence-corrected chi connectivity index (χ3v) is 3.77. The Labute approximate surface area is 102 Å². The van der Waals surface area contributed by atoms with Gasteiger partial charge in [-0.25, -0.2) is 22.2 Å². The summed E-state index contributed by atoms with van der Waals surface area (Å²) in [5, 5.41) is 8.50. The summed E-state index contributed by atoms with van der Waals surface area (Å²) in [7, 11) is 0.634. The maximum atomic E-state index is 12.6. The molecule has 0 aliphatic carbocycles. The van der Waals surface area contributed by atoms with E-state index in [1.54, 1.807) is 0 Å². The molecule has 1 aromatic rings. The maximum Gasteiger partial charge on any atom is 0.265 e. The Kier molecular flexibility index (Phi) is 3.83. The minimum Gasteiger partial charge on any atom is -0.229 e. The standard InChI is InChI=1S/C7H2BrClF2N2O2S/c8-6-5(16(9,14)15)4(7(10)11)1-3(2-12)13-6/h1,7H. The number of nitrogens with zero attached hydrogens (tertiary/aromatic N) is 2. The fourth-order valence-corrected chi connectivity index (χ4v) is 3.48. The van der Waals surface area contributed by atoms with Crippen LogP contribution >= 0.6 is 26.6 Å². The van der Waals surface area contributed by atoms with Crippen LogP contribution in [0.1, 0.15) is 17.7 Å². The summed E-state index contributed by atoms with van der Waals surface area (Å²) in [6, 6.07) is 2.21. The molecule has 0 saturated carbocycles. The van der Waals surface area contributed by atoms with Crippen molar-refractivity contribution in [2.45, 2.75) is 11.3 Å². The summed E-state index contributed by atoms with van der Waals surface area (Å²) in [6.07, 6.45) is -3.07. The van der Waals surface area contributed by atoms with Crippen LogP contribution in [0.25, 0.3) is 0 Å². The van der Waals surface area contributed by atoms with Crippen LogP contribution in [0.5, 0.6) is 0 Å². The molecule has 86 valence electrons. The van der Waals surface area contributed by atoms with Crippen LogP contribution in [0.2, 0.25) is 0 Å². The van der Waals surface area contributed by atoms with Gasteiger partial charge in [0.05, 0.1) is 0 Å². The second-order valence-electron chi connectivity index (χ2n) is 2.57. The zero-order valence-electron chi connectivity index (χ0n) is 7.29. The Morgan fingerprint density at radius 3 is 2.50 bits per heavy atom. The van der Waals surface area contributed by atoms with E-state index in [4.69, 9.17) is 15.9 Å². The van der Waals surface area contributed by atoms with Gasteiger partial charge in [-0.15, -0.1) is 0 Å². The van der Waals surface area contributed by atoms with Crippen molar-refractivity contribution in [1.82, 2.24) is 4.98 Å². The Morgan fingerprint density at radius 2 is 2.12 bits per heavy atom. The Bertz CT molecular complexity index is 570. The van der Waals surface area contributed by atoms with Gasteiger partial charge in [0.2, 0.25) is 0 Å². The monoisotopic (exact) mass is 330 g/mol. The molecular formula is C7H2BrClF2N2O2S. The average molecular weight is 332 g/mol. The summed E-state index contributed by atoms with van der Waals surface area (Å²) in [4.78, 5) is 2.64. The molecular weight excluding hydrogens is 330 g/mol. The summed E-state index contributed by atoms with van der Waals surface area (Å²) in [5.74, 6) is 0. The maximum absolute atomic E-state index is 12.6. The molecule has 9 heteroatoms. The van der Waals surface area contributed by atoms with E-state index in [9.17, 15) is 17.2 Å². The molecule has 1 rings (SSSR count). The van der Waals surface area contributed by atoms with Gasteiger partial charge in [0, 0.05) is 16.2 Å². The van der Waals surface area contributed by atoms with Gasteiger partial charge in [-0.2, -0.15) is 5.26 Å². The lowest BCUT2D eigenvalue weighted by molar-refractivity contribution is 0.147. The molecule has 1 heterocycles. The van der Waals surface area contributed by atoms with E-state index in [1.165, 1.54) is 6.07 Å². The van der Waals surface area contributed by atoms with Crippen molar-refractivity contribution in [2.24, 2.45) is 0 Å². The minimum atomic E-state index is -4.36. The van der Waals surface area contributed by atoms with Crippen molar-refractivity contribution in [1.29, 1.82) is 5.26 Å². The van der Waals surface area contributed by atoms with Gasteiger partial charge in [-0.05, 0) is 22.0 Å². The van der Waals surface area contributed by atoms with E-state index in [-0.39, 0.29) is 5.69 Å². The smallest absolute Gasteiger partial charge is 0.229 e. The van der Waals surface area contributed by atoms with E-state index >= 15 is 0 Å². The largest absolute Gasteiger partial charge is 0.265 e. The predicted molar refractivity (Wildman–Crippen MR) is 54.6 cm³/mol. The molecule has 0 fully saturated rings. The van der Waals surface area contributed by atoms with Crippen molar-refractivity contribution in [3.8, 4) is 6.07 Å². The van der Waals surface area contributed by atoms with E-state index in [0.29, 0.717) is 6.07 Å². The molecule has 4 nitrogen and oxygen atoms in total. The van der Waals surface area contributed by atoms with E-state index in [0.717, 1.165) is 0 Å². The zero-order valence-corrected chi connectivity index (χ0v) is 10.4. The molecule has 0 N–H and O–H groups in total. The van der Waals surface area contributed by atoms with Crippen molar-refractivity contribution in [2.75, 3.05) is 0 Å². The summed E-state index contributed by atoms with van der Waals surface area (Å²) < 4.78 is 46.9. The molecule has 0 atom stereocenters. The predicted octanol–water partition coefficient (Wildman–Crippen LogP) is 2.58. The fourth-order valence-electron chi connectivity index (χ4n) is 0.981. The Balaban J connectivity index is 3.68. The van der Waals surface area contributed by atoms with Gasteiger partial charge in [0.25, 0.3) is 15.5 Å². The number of alkyl halides is 2. The van der Waals surface area contributed by atoms with Crippen molar-refractivity contribution in [3.63, 3.8) is 0 Å². The fraction of sp³-hybridized carbons (Fsp3) is 0.143. The van der Waals surface area contributed by atoms with Crippen molar-refractivity contribution < 1.29 is 17.2 Å². The number of rotatable bonds is 2. The molecule has 0 radical (unpaired) electrons. The Hall–Kier alpha value is -0.780. The molecule has 0 aliphatic rings. The topological polar surface area (TPSA) is 70.8 Å². The highest BCUT2D eigenvalue weighted by atomic mass is 79.9. The van der Waals surface area contributed by atoms with Gasteiger partial charge in [-0.3, -0.25) is 0 Å². The first-order valence-electron chi connectivity index (χ1n) is 3.60. The van der Waals surface area contributed by atoms with E-state index in [2.05, 4.69) is 20.9 Å². The lowest BCUT2D eigenvalue weighted by atomic mass is 10.2. The molecule has 0 aromatic carbocycles. The van der Waals surface area contributed by atoms with E-state index in [1.807, 2.05) is 0 Å². The minimum absolute atomic E-state index is 0.328. The molecule has 0 unspecified atom stereocenters. The van der Waals surface area contributed by atoms with Crippen molar-refractivity contribution >= 4 is 35.7 Å². The highest BCUT2D eigenvalue weighted by Gasteiger charge is 2.26.